The quantitative estimate of drug-likeness (QED) is 0.0214. The smallest absolute Gasteiger partial charge is 0.265 e. The van der Waals surface area contributed by atoms with Crippen LogP contribution in [0.1, 0.15) is 162 Å². The maximum atomic E-state index is 12.8. The lowest BCUT2D eigenvalue weighted by Gasteiger charge is -2.40. The predicted molar refractivity (Wildman–Crippen MR) is 345 cm³/mol. The standard InChI is InChI=1S/C60H109N2O36P3.CH4/c1-60(36-87-30-22-41(65)17-6-2-4-15-39(63)19-8-11-27-90-57-54(75)51(72)48(69)43(96-57)33-93-99(78,79)80,37-88-31-23-42(66)18-7-3-5-16-40(64)20-9-12-28-91-58-55(76)52(73)49(70)44(97-58)34-94-100(81,82)83)38-89-32-24-47(68)62-26-14-25-61-46(67)21-10-13-29-92-59-56(77)53(74)50(71)45(98-59)35-95-101(84,85)86;/h43-45,48-59,69-77H,2-38H2,1H3,(H,61,67)(H,62,68)(H2,78,79,80)(H2,81,82,83)(H2,84,85,86);1H4/p-3. The van der Waals surface area contributed by atoms with Crippen molar-refractivity contribution in [1.82, 2.24) is 10.6 Å². The van der Waals surface area contributed by atoms with Gasteiger partial charge in [-0.15, -0.1) is 0 Å². The van der Waals surface area contributed by atoms with Crippen molar-refractivity contribution in [2.45, 2.75) is 254 Å². The van der Waals surface area contributed by atoms with Gasteiger partial charge < -0.3 is 142 Å². The summed E-state index contributed by atoms with van der Waals surface area (Å²) in [5, 5.41) is 96.6. The van der Waals surface area contributed by atoms with Crippen LogP contribution in [0.5, 0.6) is 0 Å². The van der Waals surface area contributed by atoms with Gasteiger partial charge in [-0.05, 0) is 70.6 Å². The van der Waals surface area contributed by atoms with Gasteiger partial charge in [0.15, 0.2) is 18.9 Å². The Bertz CT molecular complexity index is 2280. The Kier molecular flexibility index (Phi) is 47.4. The zero-order valence-electron chi connectivity index (χ0n) is 56.8. The average molecular weight is 1540 g/mol. The SMILES string of the molecule is C.CC(COCCC(=O)CCCCCC(=O)CCCCOC1OC(COP(=O)([O-])O)C(O)C(O)C1O)(COCCC(=O)CCCCCC(=O)CCCCOC1OC(COP(=O)([O-])O)C(O)C(O)C1O)COCCC(=O)NCCCNC(=O)CCCCOC1OC(COP(=O)([O-])O)C(O)C(O)C1O. The molecule has 38 nitrogen and oxygen atoms in total. The highest BCUT2D eigenvalue weighted by molar-refractivity contribution is 7.45. The molecule has 18 unspecified atom stereocenters. The van der Waals surface area contributed by atoms with Gasteiger partial charge >= 0.3 is 0 Å². The number of aliphatic hydroxyl groups is 9. The number of rotatable bonds is 58. The lowest BCUT2D eigenvalue weighted by atomic mass is 9.94. The second-order valence-corrected chi connectivity index (χ2v) is 29.0. The molecule has 598 valence electrons. The molecule has 0 aromatic rings. The number of hydrogen-bond acceptors (Lipinski definition) is 33. The molecule has 0 aromatic heterocycles. The highest BCUT2D eigenvalue weighted by Crippen LogP contribution is 2.35. The number of amides is 2. The third kappa shape index (κ3) is 41.5. The van der Waals surface area contributed by atoms with Crippen LogP contribution in [0.3, 0.4) is 0 Å². The summed E-state index contributed by atoms with van der Waals surface area (Å²) in [6, 6.07) is 0. The third-order valence-corrected chi connectivity index (χ3v) is 17.7. The molecule has 3 rings (SSSR count). The molecule has 0 radical (unpaired) electrons. The van der Waals surface area contributed by atoms with Gasteiger partial charge in [0, 0.05) is 103 Å². The van der Waals surface area contributed by atoms with E-state index in [4.69, 9.17) is 57.3 Å². The molecule has 0 aliphatic carbocycles. The topological polar surface area (TPSA) is 600 Å². The van der Waals surface area contributed by atoms with Gasteiger partial charge in [-0.25, -0.2) is 0 Å². The van der Waals surface area contributed by atoms with Crippen LogP contribution in [-0.2, 0) is 98.7 Å². The van der Waals surface area contributed by atoms with E-state index in [0.717, 1.165) is 0 Å². The summed E-state index contributed by atoms with van der Waals surface area (Å²) in [5.74, 6) is -0.704. The van der Waals surface area contributed by atoms with E-state index in [0.29, 0.717) is 83.5 Å². The van der Waals surface area contributed by atoms with Gasteiger partial charge in [-0.3, -0.25) is 42.5 Å². The fraction of sp³-hybridized carbons (Fsp3) is 0.902. The summed E-state index contributed by atoms with van der Waals surface area (Å²) in [5.41, 5.74) is -0.783. The Morgan fingerprint density at radius 2 is 0.627 bits per heavy atom. The molecular weight excluding hydrogens is 1430 g/mol. The summed E-state index contributed by atoms with van der Waals surface area (Å²) in [6.45, 7) is 0.191. The van der Waals surface area contributed by atoms with E-state index in [2.05, 4.69) is 24.2 Å². The minimum atomic E-state index is -5.17. The molecule has 3 aliphatic rings. The Hall–Kier alpha value is -2.77. The number of carbonyl (C=O) groups is 6. The fourth-order valence-electron chi connectivity index (χ4n) is 10.4. The molecule has 0 bridgehead atoms. The van der Waals surface area contributed by atoms with Crippen molar-refractivity contribution >= 4 is 58.4 Å². The maximum Gasteiger partial charge on any atom is 0.265 e. The summed E-state index contributed by atoms with van der Waals surface area (Å²) >= 11 is 0. The number of Topliss-reactive ketones (excluding diaryl/α,β-unsaturated/α-hetero) is 4. The molecule has 2 amide bonds. The molecule has 0 aromatic carbocycles. The Morgan fingerprint density at radius 1 is 0.363 bits per heavy atom. The third-order valence-electron chi connectivity index (χ3n) is 16.3. The average Bonchev–Trinajstić information content (AvgIpc) is 0.829. The Balaban J connectivity index is 0.0000354. The number of hydrogen-bond donors (Lipinski definition) is 14. The molecule has 41 heteroatoms. The number of phosphoric acid groups is 3. The van der Waals surface area contributed by atoms with Crippen molar-refractivity contribution in [2.24, 2.45) is 5.41 Å². The number of ether oxygens (including phenoxy) is 9. The van der Waals surface area contributed by atoms with Crippen molar-refractivity contribution in [3.63, 3.8) is 0 Å². The fourth-order valence-corrected chi connectivity index (χ4v) is 11.4. The van der Waals surface area contributed by atoms with E-state index in [1.807, 2.05) is 6.92 Å². The summed E-state index contributed by atoms with van der Waals surface area (Å²) in [6.07, 6.45) is -16.2. The van der Waals surface area contributed by atoms with E-state index in [-0.39, 0.29) is 179 Å². The molecule has 18 atom stereocenters. The lowest BCUT2D eigenvalue weighted by molar-refractivity contribution is -0.303. The molecule has 3 heterocycles. The van der Waals surface area contributed by atoms with Crippen molar-refractivity contribution in [1.29, 1.82) is 0 Å². The first-order valence-electron chi connectivity index (χ1n) is 33.9. The van der Waals surface area contributed by atoms with E-state index < -0.39 is 141 Å². The van der Waals surface area contributed by atoms with Gasteiger partial charge in [0.1, 0.15) is 96.4 Å². The molecule has 3 fully saturated rings. The molecule has 3 aliphatic heterocycles. The predicted octanol–water partition coefficient (Wildman–Crippen LogP) is -2.94. The number of unbranched alkanes of at least 4 members (excludes halogenated alkanes) is 7. The normalized spacial score (nSPS) is 27.6. The van der Waals surface area contributed by atoms with Crippen molar-refractivity contribution < 1.29 is 174 Å². The zero-order valence-corrected chi connectivity index (χ0v) is 59.5. The zero-order chi connectivity index (χ0) is 75.2. The molecule has 3 saturated heterocycles. The van der Waals surface area contributed by atoms with Crippen molar-refractivity contribution in [3.05, 3.63) is 0 Å². The first kappa shape index (κ1) is 95.3. The van der Waals surface area contributed by atoms with Crippen LogP contribution in [0, 0.1) is 5.41 Å². The van der Waals surface area contributed by atoms with E-state index in [1.165, 1.54) is 0 Å². The van der Waals surface area contributed by atoms with Crippen LogP contribution >= 0.6 is 23.5 Å². The van der Waals surface area contributed by atoms with Crippen LogP contribution < -0.4 is 25.3 Å². The van der Waals surface area contributed by atoms with E-state index >= 15 is 0 Å². The largest absolute Gasteiger partial charge is 0.756 e. The van der Waals surface area contributed by atoms with Gasteiger partial charge in [0.2, 0.25) is 11.8 Å². The van der Waals surface area contributed by atoms with Gasteiger partial charge in [-0.1, -0.05) is 27.2 Å². The van der Waals surface area contributed by atoms with Crippen molar-refractivity contribution in [3.8, 4) is 0 Å². The van der Waals surface area contributed by atoms with Gasteiger partial charge in [-0.2, -0.15) is 0 Å². The minimum absolute atomic E-state index is 0. The van der Waals surface area contributed by atoms with Crippen molar-refractivity contribution in [2.75, 3.05) is 92.4 Å². The van der Waals surface area contributed by atoms with Crippen LogP contribution in [0.2, 0.25) is 0 Å². The highest BCUT2D eigenvalue weighted by atomic mass is 31.2. The number of aliphatic hydroxyl groups excluding tert-OH is 9. The first-order chi connectivity index (χ1) is 47.6. The minimum Gasteiger partial charge on any atom is -0.756 e. The first-order valence-corrected chi connectivity index (χ1v) is 38.4. The van der Waals surface area contributed by atoms with E-state index in [1.54, 1.807) is 0 Å². The summed E-state index contributed by atoms with van der Waals surface area (Å²) in [7, 11) is -15.5. The number of carbonyl (C=O) groups excluding carboxylic acids is 6. The van der Waals surface area contributed by atoms with Crippen LogP contribution in [0.25, 0.3) is 0 Å². The number of ketones is 4. The summed E-state index contributed by atoms with van der Waals surface area (Å²) < 4.78 is 95.5. The summed E-state index contributed by atoms with van der Waals surface area (Å²) in [4.78, 5) is 135. The lowest BCUT2D eigenvalue weighted by Crippen LogP contribution is -2.59. The monoisotopic (exact) mass is 1540 g/mol. The molecular formula is C61H110N2O36P3-3. The van der Waals surface area contributed by atoms with Crippen LogP contribution in [-0.4, -0.2) is 280 Å². The molecule has 0 spiro atoms. The molecule has 0 saturated carbocycles. The van der Waals surface area contributed by atoms with Gasteiger partial charge in [0.25, 0.3) is 23.5 Å². The Labute approximate surface area is 593 Å². The number of nitrogens with one attached hydrogen (secondary N) is 2. The maximum absolute atomic E-state index is 12.8. The Morgan fingerprint density at radius 3 is 0.931 bits per heavy atom. The van der Waals surface area contributed by atoms with Gasteiger partial charge in [0.05, 0.1) is 59.5 Å². The number of phosphoric ester groups is 3. The van der Waals surface area contributed by atoms with E-state index in [9.17, 15) is 103 Å². The second kappa shape index (κ2) is 50.8. The van der Waals surface area contributed by atoms with Crippen LogP contribution in [0.4, 0.5) is 0 Å². The second-order valence-electron chi connectivity index (χ2n) is 25.4. The molecule has 14 N–H and O–H groups in total. The molecule has 102 heavy (non-hydrogen) atoms. The highest BCUT2D eigenvalue weighted by Gasteiger charge is 2.47. The van der Waals surface area contributed by atoms with Crippen LogP contribution in [0.15, 0.2) is 0 Å².